The number of anilines is 1. The second kappa shape index (κ2) is 10.6. The molecule has 0 aliphatic carbocycles. The third-order valence-electron chi connectivity index (χ3n) is 6.89. The predicted octanol–water partition coefficient (Wildman–Crippen LogP) is 5.25. The van der Waals surface area contributed by atoms with Crippen LogP contribution < -0.4 is 5.32 Å². The quantitative estimate of drug-likeness (QED) is 0.505. The van der Waals surface area contributed by atoms with E-state index in [1.165, 1.54) is 10.9 Å². The van der Waals surface area contributed by atoms with Crippen molar-refractivity contribution in [1.82, 2.24) is 14.7 Å². The summed E-state index contributed by atoms with van der Waals surface area (Å²) in [6, 6.07) is 15.3. The molecule has 1 N–H and O–H groups in total. The first kappa shape index (κ1) is 24.7. The van der Waals surface area contributed by atoms with Gasteiger partial charge in [0.2, 0.25) is 5.91 Å². The van der Waals surface area contributed by atoms with E-state index in [2.05, 4.69) is 21.7 Å². The van der Waals surface area contributed by atoms with Crippen LogP contribution in [0.5, 0.6) is 0 Å². The SMILES string of the molecule is C[C@H]1CN(C(=O)CN2CCc3sccc3[C@@H]2c2cccc(F)c2)CCN1C(=O)Nc1cccc(Cl)c1. The summed E-state index contributed by atoms with van der Waals surface area (Å²) in [6.07, 6.45) is 0.875. The molecule has 0 bridgehead atoms. The van der Waals surface area contributed by atoms with E-state index in [4.69, 9.17) is 11.6 Å². The summed E-state index contributed by atoms with van der Waals surface area (Å²) in [5.41, 5.74) is 2.65. The number of nitrogens with one attached hydrogen (secondary N) is 1. The Kier molecular flexibility index (Phi) is 7.27. The normalized spacial score (nSPS) is 20.2. The van der Waals surface area contributed by atoms with Crippen LogP contribution in [0.4, 0.5) is 14.9 Å². The van der Waals surface area contributed by atoms with Crippen molar-refractivity contribution in [3.05, 3.63) is 86.8 Å². The van der Waals surface area contributed by atoms with Crippen molar-refractivity contribution in [2.75, 3.05) is 38.0 Å². The summed E-state index contributed by atoms with van der Waals surface area (Å²) in [7, 11) is 0. The molecule has 1 aromatic heterocycles. The Bertz CT molecular complexity index is 1270. The molecule has 3 aromatic rings. The van der Waals surface area contributed by atoms with Gasteiger partial charge in [-0.05, 0) is 66.2 Å². The van der Waals surface area contributed by atoms with E-state index in [1.807, 2.05) is 17.9 Å². The molecule has 0 unspecified atom stereocenters. The Balaban J connectivity index is 1.24. The van der Waals surface area contributed by atoms with Crippen molar-refractivity contribution in [2.24, 2.45) is 0 Å². The van der Waals surface area contributed by atoms with Crippen LogP contribution in [0.15, 0.2) is 60.0 Å². The monoisotopic (exact) mass is 526 g/mol. The smallest absolute Gasteiger partial charge is 0.322 e. The lowest BCUT2D eigenvalue weighted by molar-refractivity contribution is -0.135. The summed E-state index contributed by atoms with van der Waals surface area (Å²) < 4.78 is 14.1. The van der Waals surface area contributed by atoms with Crippen molar-refractivity contribution in [2.45, 2.75) is 25.4 Å². The van der Waals surface area contributed by atoms with Crippen LogP contribution >= 0.6 is 22.9 Å². The van der Waals surface area contributed by atoms with Crippen LogP contribution in [-0.2, 0) is 11.2 Å². The van der Waals surface area contributed by atoms with Gasteiger partial charge in [0.05, 0.1) is 12.6 Å². The summed E-state index contributed by atoms with van der Waals surface area (Å²) in [5.74, 6) is -0.251. The van der Waals surface area contributed by atoms with E-state index >= 15 is 0 Å². The maximum atomic E-state index is 14.1. The van der Waals surface area contributed by atoms with Crippen LogP contribution in [0, 0.1) is 5.82 Å². The van der Waals surface area contributed by atoms with Crippen molar-refractivity contribution in [3.8, 4) is 0 Å². The van der Waals surface area contributed by atoms with E-state index in [0.717, 1.165) is 24.1 Å². The zero-order valence-corrected chi connectivity index (χ0v) is 21.6. The minimum atomic E-state index is -0.276. The molecule has 0 radical (unpaired) electrons. The summed E-state index contributed by atoms with van der Waals surface area (Å²) in [6.45, 7) is 4.31. The van der Waals surface area contributed by atoms with Crippen molar-refractivity contribution < 1.29 is 14.0 Å². The number of hydrogen-bond acceptors (Lipinski definition) is 4. The average Bonchev–Trinajstić information content (AvgIpc) is 3.32. The number of rotatable bonds is 4. The molecule has 188 valence electrons. The van der Waals surface area contributed by atoms with Crippen LogP contribution in [-0.4, -0.2) is 65.4 Å². The number of carbonyl (C=O) groups excluding carboxylic acids is 2. The Labute approximate surface area is 219 Å². The predicted molar refractivity (Wildman–Crippen MR) is 141 cm³/mol. The number of amides is 3. The van der Waals surface area contributed by atoms with Crippen molar-refractivity contribution in [3.63, 3.8) is 0 Å². The van der Waals surface area contributed by atoms with Gasteiger partial charge in [0.15, 0.2) is 0 Å². The molecule has 3 heterocycles. The molecule has 9 heteroatoms. The molecule has 5 rings (SSSR count). The lowest BCUT2D eigenvalue weighted by atomic mass is 9.93. The van der Waals surface area contributed by atoms with Crippen LogP contribution in [0.1, 0.15) is 29.0 Å². The number of thiophene rings is 1. The number of benzene rings is 2. The van der Waals surface area contributed by atoms with E-state index in [0.29, 0.717) is 30.3 Å². The number of piperazine rings is 1. The van der Waals surface area contributed by atoms with Gasteiger partial charge in [-0.25, -0.2) is 9.18 Å². The van der Waals surface area contributed by atoms with E-state index < -0.39 is 0 Å². The molecule has 2 atom stereocenters. The van der Waals surface area contributed by atoms with Gasteiger partial charge in [-0.15, -0.1) is 11.3 Å². The standard InChI is InChI=1S/C27H28ClFN4O2S/c1-18-16-31(11-12-33(18)27(35)30-22-7-3-5-20(28)15-22)25(34)17-32-10-8-24-23(9-13-36-24)26(32)19-4-2-6-21(29)14-19/h2-7,9,13-15,18,26H,8,10-12,16-17H2,1H3,(H,30,35)/t18-,26-/m0/s1. The number of carbonyl (C=O) groups is 2. The number of nitrogens with zero attached hydrogens (tertiary/aromatic N) is 3. The third-order valence-corrected chi connectivity index (χ3v) is 8.12. The van der Waals surface area contributed by atoms with E-state index in [-0.39, 0.29) is 36.4 Å². The second-order valence-electron chi connectivity index (χ2n) is 9.30. The molecular weight excluding hydrogens is 499 g/mol. The van der Waals surface area contributed by atoms with Crippen LogP contribution in [0.3, 0.4) is 0 Å². The highest BCUT2D eigenvalue weighted by molar-refractivity contribution is 7.10. The van der Waals surface area contributed by atoms with Crippen LogP contribution in [0.25, 0.3) is 0 Å². The Morgan fingerprint density at radius 1 is 1.11 bits per heavy atom. The molecule has 0 spiro atoms. The molecule has 1 saturated heterocycles. The first-order valence-corrected chi connectivity index (χ1v) is 13.3. The summed E-state index contributed by atoms with van der Waals surface area (Å²) >= 11 is 7.74. The first-order valence-electron chi connectivity index (χ1n) is 12.1. The van der Waals surface area contributed by atoms with Gasteiger partial charge in [-0.1, -0.05) is 29.8 Å². The highest BCUT2D eigenvalue weighted by atomic mass is 35.5. The van der Waals surface area contributed by atoms with E-state index in [9.17, 15) is 14.0 Å². The lowest BCUT2D eigenvalue weighted by Crippen LogP contribution is -2.58. The lowest BCUT2D eigenvalue weighted by Gasteiger charge is -2.41. The first-order chi connectivity index (χ1) is 17.4. The molecular formula is C27H28ClFN4O2S. The van der Waals surface area contributed by atoms with Gasteiger partial charge in [0, 0.05) is 47.8 Å². The minimum absolute atomic E-state index is 0.0248. The Hall–Kier alpha value is -2.94. The zero-order chi connectivity index (χ0) is 25.2. The van der Waals surface area contributed by atoms with Gasteiger partial charge >= 0.3 is 6.03 Å². The molecule has 36 heavy (non-hydrogen) atoms. The maximum absolute atomic E-state index is 14.1. The summed E-state index contributed by atoms with van der Waals surface area (Å²) in [4.78, 5) is 33.2. The van der Waals surface area contributed by atoms with Crippen molar-refractivity contribution >= 4 is 40.6 Å². The Morgan fingerprint density at radius 3 is 2.72 bits per heavy atom. The van der Waals surface area contributed by atoms with Gasteiger partial charge in [-0.3, -0.25) is 9.69 Å². The van der Waals surface area contributed by atoms with Gasteiger partial charge in [0.25, 0.3) is 0 Å². The molecule has 2 aromatic carbocycles. The zero-order valence-electron chi connectivity index (χ0n) is 20.0. The van der Waals surface area contributed by atoms with E-state index in [1.54, 1.807) is 52.6 Å². The highest BCUT2D eigenvalue weighted by Crippen LogP contribution is 2.37. The van der Waals surface area contributed by atoms with Gasteiger partial charge < -0.3 is 15.1 Å². The fourth-order valence-corrected chi connectivity index (χ4v) is 6.22. The molecule has 0 saturated carbocycles. The number of halogens is 2. The number of hydrogen-bond donors (Lipinski definition) is 1. The number of fused-ring (bicyclic) bond motifs is 1. The van der Waals surface area contributed by atoms with Gasteiger partial charge in [-0.2, -0.15) is 0 Å². The molecule has 2 aliphatic heterocycles. The molecule has 2 aliphatic rings. The molecule has 6 nitrogen and oxygen atoms in total. The Morgan fingerprint density at radius 2 is 1.94 bits per heavy atom. The fraction of sp³-hybridized carbons (Fsp3) is 0.333. The van der Waals surface area contributed by atoms with Crippen LogP contribution in [0.2, 0.25) is 5.02 Å². The largest absolute Gasteiger partial charge is 0.338 e. The fourth-order valence-electron chi connectivity index (χ4n) is 5.13. The average molecular weight is 527 g/mol. The second-order valence-corrected chi connectivity index (χ2v) is 10.7. The highest BCUT2D eigenvalue weighted by Gasteiger charge is 2.34. The maximum Gasteiger partial charge on any atom is 0.322 e. The summed E-state index contributed by atoms with van der Waals surface area (Å²) in [5, 5.41) is 5.51. The third kappa shape index (κ3) is 5.26. The minimum Gasteiger partial charge on any atom is -0.338 e. The topological polar surface area (TPSA) is 55.9 Å². The number of urea groups is 1. The molecule has 3 amide bonds. The molecule has 1 fully saturated rings. The van der Waals surface area contributed by atoms with Gasteiger partial charge in [0.1, 0.15) is 5.82 Å². The van der Waals surface area contributed by atoms with Crippen molar-refractivity contribution in [1.29, 1.82) is 0 Å².